The van der Waals surface area contributed by atoms with Crippen molar-refractivity contribution in [3.63, 3.8) is 0 Å². The fourth-order valence-electron chi connectivity index (χ4n) is 0.922. The molecule has 0 radical (unpaired) electrons. The van der Waals surface area contributed by atoms with Crippen LogP contribution in [0.2, 0.25) is 0 Å². The predicted octanol–water partition coefficient (Wildman–Crippen LogP) is 1.83. The largest absolute Gasteiger partial charge is 0.381 e. The van der Waals surface area contributed by atoms with Gasteiger partial charge in [-0.2, -0.15) is 0 Å². The SMILES string of the molecule is C#CC1=CN[C@](C)(CC)C=C1. The number of terminal acetylenes is 1. The van der Waals surface area contributed by atoms with E-state index < -0.39 is 0 Å². The van der Waals surface area contributed by atoms with Gasteiger partial charge in [0.2, 0.25) is 0 Å². The van der Waals surface area contributed by atoms with E-state index in [0.29, 0.717) is 0 Å². The molecule has 1 aliphatic heterocycles. The van der Waals surface area contributed by atoms with Crippen molar-refractivity contribution in [2.45, 2.75) is 25.8 Å². The third-order valence-corrected chi connectivity index (χ3v) is 2.09. The van der Waals surface area contributed by atoms with Gasteiger partial charge in [-0.05, 0) is 19.4 Å². The minimum Gasteiger partial charge on any atom is -0.381 e. The normalized spacial score (nSPS) is 28.6. The number of hydrogen-bond donors (Lipinski definition) is 1. The van der Waals surface area contributed by atoms with Gasteiger partial charge in [0.25, 0.3) is 0 Å². The van der Waals surface area contributed by atoms with Gasteiger partial charge in [0.1, 0.15) is 0 Å². The van der Waals surface area contributed by atoms with Crippen molar-refractivity contribution in [2.75, 3.05) is 0 Å². The van der Waals surface area contributed by atoms with Crippen LogP contribution in [0, 0.1) is 12.3 Å². The fourth-order valence-corrected chi connectivity index (χ4v) is 0.922. The number of rotatable bonds is 1. The van der Waals surface area contributed by atoms with E-state index >= 15 is 0 Å². The molecule has 0 fully saturated rings. The van der Waals surface area contributed by atoms with E-state index in [1.807, 2.05) is 12.3 Å². The summed E-state index contributed by atoms with van der Waals surface area (Å²) in [7, 11) is 0. The second kappa shape index (κ2) is 2.84. The predicted molar refractivity (Wildman–Crippen MR) is 47.9 cm³/mol. The molecule has 0 aliphatic carbocycles. The molecule has 1 rings (SSSR count). The molecule has 0 bridgehead atoms. The van der Waals surface area contributed by atoms with Crippen LogP contribution in [-0.2, 0) is 0 Å². The van der Waals surface area contributed by atoms with Gasteiger partial charge in [-0.1, -0.05) is 18.9 Å². The molecule has 0 aromatic carbocycles. The van der Waals surface area contributed by atoms with Crippen molar-refractivity contribution in [2.24, 2.45) is 0 Å². The lowest BCUT2D eigenvalue weighted by atomic mass is 9.95. The van der Waals surface area contributed by atoms with Crippen molar-refractivity contribution in [1.82, 2.24) is 5.32 Å². The summed E-state index contributed by atoms with van der Waals surface area (Å²) in [5.74, 6) is 2.58. The van der Waals surface area contributed by atoms with Crippen LogP contribution in [0.25, 0.3) is 0 Å². The summed E-state index contributed by atoms with van der Waals surface area (Å²) in [5.41, 5.74) is 1.01. The van der Waals surface area contributed by atoms with E-state index in [0.717, 1.165) is 12.0 Å². The van der Waals surface area contributed by atoms with E-state index in [2.05, 4.69) is 31.2 Å². The zero-order valence-corrected chi connectivity index (χ0v) is 7.02. The molecule has 11 heavy (non-hydrogen) atoms. The Morgan fingerprint density at radius 1 is 1.73 bits per heavy atom. The van der Waals surface area contributed by atoms with Crippen molar-refractivity contribution < 1.29 is 0 Å². The molecule has 0 unspecified atom stereocenters. The van der Waals surface area contributed by atoms with Gasteiger partial charge >= 0.3 is 0 Å². The molecule has 0 saturated carbocycles. The first-order valence-corrected chi connectivity index (χ1v) is 3.84. The Bertz CT molecular complexity index is 242. The standard InChI is InChI=1S/C10H13N/c1-4-9-6-7-10(3,5-2)11-8-9/h1,6-8,11H,5H2,2-3H3/t10-/m1/s1. The minimum absolute atomic E-state index is 0.0976. The summed E-state index contributed by atoms with van der Waals surface area (Å²) in [6, 6.07) is 0. The maximum Gasteiger partial charge on any atom is 0.0523 e. The Hall–Kier alpha value is -1.16. The molecule has 0 aromatic heterocycles. The van der Waals surface area contributed by atoms with E-state index in [9.17, 15) is 0 Å². The van der Waals surface area contributed by atoms with Crippen LogP contribution >= 0.6 is 0 Å². The first kappa shape index (κ1) is 7.94. The highest BCUT2D eigenvalue weighted by Crippen LogP contribution is 2.16. The van der Waals surface area contributed by atoms with Crippen molar-refractivity contribution >= 4 is 0 Å². The molecule has 0 saturated heterocycles. The Morgan fingerprint density at radius 3 is 2.82 bits per heavy atom. The Labute approximate surface area is 68.2 Å². The molecule has 1 heterocycles. The second-order valence-electron chi connectivity index (χ2n) is 2.99. The fraction of sp³-hybridized carbons (Fsp3) is 0.400. The zero-order valence-electron chi connectivity index (χ0n) is 7.02. The molecule has 0 amide bonds. The highest BCUT2D eigenvalue weighted by atomic mass is 14.9. The average Bonchev–Trinajstić information content (AvgIpc) is 2.06. The van der Waals surface area contributed by atoms with Crippen LogP contribution in [0.3, 0.4) is 0 Å². The summed E-state index contributed by atoms with van der Waals surface area (Å²) in [5, 5.41) is 3.25. The number of allylic oxidation sites excluding steroid dienone is 2. The van der Waals surface area contributed by atoms with E-state index in [1.54, 1.807) is 0 Å². The molecule has 1 N–H and O–H groups in total. The smallest absolute Gasteiger partial charge is 0.0523 e. The van der Waals surface area contributed by atoms with E-state index in [1.165, 1.54) is 0 Å². The van der Waals surface area contributed by atoms with Crippen molar-refractivity contribution in [3.8, 4) is 12.3 Å². The van der Waals surface area contributed by atoms with Gasteiger partial charge in [0.15, 0.2) is 0 Å². The summed E-state index contributed by atoms with van der Waals surface area (Å²) in [6.07, 6.45) is 12.3. The van der Waals surface area contributed by atoms with Crippen LogP contribution in [0.5, 0.6) is 0 Å². The monoisotopic (exact) mass is 147 g/mol. The highest BCUT2D eigenvalue weighted by molar-refractivity contribution is 5.39. The number of hydrogen-bond acceptors (Lipinski definition) is 1. The topological polar surface area (TPSA) is 12.0 Å². The molecular formula is C10H13N. The molecular weight excluding hydrogens is 134 g/mol. The Morgan fingerprint density at radius 2 is 2.45 bits per heavy atom. The van der Waals surface area contributed by atoms with Gasteiger partial charge in [0.05, 0.1) is 5.54 Å². The molecule has 1 heteroatoms. The first-order chi connectivity index (χ1) is 5.20. The lowest BCUT2D eigenvalue weighted by molar-refractivity contribution is 0.478. The van der Waals surface area contributed by atoms with Crippen LogP contribution in [0.15, 0.2) is 23.9 Å². The zero-order chi connectivity index (χ0) is 8.32. The lowest BCUT2D eigenvalue weighted by Gasteiger charge is -2.27. The van der Waals surface area contributed by atoms with E-state index in [-0.39, 0.29) is 5.54 Å². The first-order valence-electron chi connectivity index (χ1n) is 3.84. The Kier molecular flexibility index (Phi) is 2.05. The minimum atomic E-state index is 0.0976. The summed E-state index contributed by atoms with van der Waals surface area (Å²) in [4.78, 5) is 0. The van der Waals surface area contributed by atoms with Crippen molar-refractivity contribution in [3.05, 3.63) is 23.9 Å². The molecule has 1 aliphatic rings. The van der Waals surface area contributed by atoms with Gasteiger partial charge in [-0.15, -0.1) is 6.42 Å². The van der Waals surface area contributed by atoms with E-state index in [4.69, 9.17) is 6.42 Å². The van der Waals surface area contributed by atoms with Crippen molar-refractivity contribution in [1.29, 1.82) is 0 Å². The summed E-state index contributed by atoms with van der Waals surface area (Å²) in [6.45, 7) is 4.29. The quantitative estimate of drug-likeness (QED) is 0.558. The number of nitrogens with one attached hydrogen (secondary N) is 1. The van der Waals surface area contributed by atoms with Crippen LogP contribution in [-0.4, -0.2) is 5.54 Å². The number of dihydropyridines is 1. The average molecular weight is 147 g/mol. The third kappa shape index (κ3) is 1.65. The molecule has 0 aromatic rings. The Balaban J connectivity index is 2.73. The molecule has 0 spiro atoms. The lowest BCUT2D eigenvalue weighted by Crippen LogP contribution is -2.37. The van der Waals surface area contributed by atoms with Crippen LogP contribution in [0.1, 0.15) is 20.3 Å². The van der Waals surface area contributed by atoms with Crippen LogP contribution < -0.4 is 5.32 Å². The summed E-state index contributed by atoms with van der Waals surface area (Å²) < 4.78 is 0. The third-order valence-electron chi connectivity index (χ3n) is 2.09. The molecule has 1 nitrogen and oxygen atoms in total. The maximum absolute atomic E-state index is 5.22. The molecule has 1 atom stereocenters. The van der Waals surface area contributed by atoms with Gasteiger partial charge in [-0.25, -0.2) is 0 Å². The van der Waals surface area contributed by atoms with Gasteiger partial charge in [0, 0.05) is 11.8 Å². The van der Waals surface area contributed by atoms with Gasteiger partial charge < -0.3 is 5.32 Å². The summed E-state index contributed by atoms with van der Waals surface area (Å²) >= 11 is 0. The van der Waals surface area contributed by atoms with Crippen LogP contribution in [0.4, 0.5) is 0 Å². The second-order valence-corrected chi connectivity index (χ2v) is 2.99. The molecule has 58 valence electrons. The maximum atomic E-state index is 5.22. The highest BCUT2D eigenvalue weighted by Gasteiger charge is 2.17. The van der Waals surface area contributed by atoms with Gasteiger partial charge in [-0.3, -0.25) is 0 Å².